The van der Waals surface area contributed by atoms with Gasteiger partial charge in [0.15, 0.2) is 4.80 Å². The molecular formula is C29H25BrN2O4S. The second-order valence-electron chi connectivity index (χ2n) is 8.99. The zero-order valence-electron chi connectivity index (χ0n) is 20.8. The van der Waals surface area contributed by atoms with E-state index >= 15 is 0 Å². The fraction of sp³-hybridized carbons (Fsp3) is 0.207. The SMILES string of the molecule is COc1ccc(Br)cc1[C@H]1C(C(=O)OC(C)C)=C(C)N=c2s/c(=C\c3cccc4ccccc34)c(=O)n21. The van der Waals surface area contributed by atoms with Crippen molar-refractivity contribution in [1.82, 2.24) is 4.57 Å². The topological polar surface area (TPSA) is 69.9 Å². The number of hydrogen-bond donors (Lipinski definition) is 0. The van der Waals surface area contributed by atoms with Gasteiger partial charge in [-0.05, 0) is 61.4 Å². The van der Waals surface area contributed by atoms with Gasteiger partial charge in [-0.1, -0.05) is 69.7 Å². The molecule has 1 atom stereocenters. The molecule has 5 rings (SSSR count). The Bertz CT molecular complexity index is 1740. The lowest BCUT2D eigenvalue weighted by molar-refractivity contribution is -0.143. The van der Waals surface area contributed by atoms with Gasteiger partial charge in [0.25, 0.3) is 5.56 Å². The Labute approximate surface area is 226 Å². The fourth-order valence-corrected chi connectivity index (χ4v) is 6.01. The molecular weight excluding hydrogens is 552 g/mol. The normalized spacial score (nSPS) is 15.6. The van der Waals surface area contributed by atoms with Crippen molar-refractivity contribution in [2.45, 2.75) is 32.9 Å². The van der Waals surface area contributed by atoms with Gasteiger partial charge < -0.3 is 9.47 Å². The number of benzene rings is 3. The van der Waals surface area contributed by atoms with Crippen LogP contribution in [0.4, 0.5) is 0 Å². The first-order valence-electron chi connectivity index (χ1n) is 11.8. The van der Waals surface area contributed by atoms with Crippen LogP contribution in [-0.4, -0.2) is 23.8 Å². The van der Waals surface area contributed by atoms with Crippen LogP contribution < -0.4 is 19.6 Å². The minimum Gasteiger partial charge on any atom is -0.496 e. The van der Waals surface area contributed by atoms with Gasteiger partial charge in [0.05, 0.1) is 29.0 Å². The molecule has 0 amide bonds. The summed E-state index contributed by atoms with van der Waals surface area (Å²) in [5, 5.41) is 2.15. The third kappa shape index (κ3) is 4.67. The highest BCUT2D eigenvalue weighted by Gasteiger charge is 2.35. The molecule has 8 heteroatoms. The van der Waals surface area contributed by atoms with Crippen LogP contribution in [0.3, 0.4) is 0 Å². The Morgan fingerprint density at radius 1 is 1.14 bits per heavy atom. The van der Waals surface area contributed by atoms with Crippen LogP contribution >= 0.6 is 27.3 Å². The van der Waals surface area contributed by atoms with Crippen molar-refractivity contribution < 1.29 is 14.3 Å². The summed E-state index contributed by atoms with van der Waals surface area (Å²) >= 11 is 4.84. The zero-order valence-corrected chi connectivity index (χ0v) is 23.2. The quantitative estimate of drug-likeness (QED) is 0.309. The van der Waals surface area contributed by atoms with E-state index in [4.69, 9.17) is 9.47 Å². The lowest BCUT2D eigenvalue weighted by atomic mass is 9.95. The van der Waals surface area contributed by atoms with E-state index < -0.39 is 12.0 Å². The predicted octanol–water partition coefficient (Wildman–Crippen LogP) is 5.11. The van der Waals surface area contributed by atoms with E-state index in [1.807, 2.05) is 66.7 Å². The number of halogens is 1. The Morgan fingerprint density at radius 3 is 2.65 bits per heavy atom. The van der Waals surface area contributed by atoms with Crippen molar-refractivity contribution in [2.75, 3.05) is 7.11 Å². The molecule has 1 aliphatic heterocycles. The van der Waals surface area contributed by atoms with Gasteiger partial charge in [0.1, 0.15) is 11.8 Å². The van der Waals surface area contributed by atoms with Crippen molar-refractivity contribution in [2.24, 2.45) is 4.99 Å². The summed E-state index contributed by atoms with van der Waals surface area (Å²) < 4.78 is 14.2. The lowest BCUT2D eigenvalue weighted by Crippen LogP contribution is -2.40. The maximum atomic E-state index is 14.0. The van der Waals surface area contributed by atoms with Crippen molar-refractivity contribution in [3.63, 3.8) is 0 Å². The van der Waals surface area contributed by atoms with Gasteiger partial charge >= 0.3 is 5.97 Å². The number of carbonyl (C=O) groups is 1. The molecule has 37 heavy (non-hydrogen) atoms. The highest BCUT2D eigenvalue weighted by molar-refractivity contribution is 9.10. The maximum Gasteiger partial charge on any atom is 0.338 e. The summed E-state index contributed by atoms with van der Waals surface area (Å²) in [7, 11) is 1.57. The van der Waals surface area contributed by atoms with E-state index in [1.165, 1.54) is 11.3 Å². The van der Waals surface area contributed by atoms with Gasteiger partial charge in [-0.2, -0.15) is 0 Å². The van der Waals surface area contributed by atoms with E-state index in [9.17, 15) is 9.59 Å². The predicted molar refractivity (Wildman–Crippen MR) is 150 cm³/mol. The highest BCUT2D eigenvalue weighted by Crippen LogP contribution is 2.37. The van der Waals surface area contributed by atoms with Crippen LogP contribution in [0.25, 0.3) is 16.8 Å². The number of hydrogen-bond acceptors (Lipinski definition) is 6. The summed E-state index contributed by atoms with van der Waals surface area (Å²) in [6, 6.07) is 18.9. The molecule has 188 valence electrons. The van der Waals surface area contributed by atoms with Gasteiger partial charge in [-0.25, -0.2) is 9.79 Å². The van der Waals surface area contributed by atoms with Crippen LogP contribution in [0.2, 0.25) is 0 Å². The van der Waals surface area contributed by atoms with Crippen LogP contribution in [-0.2, 0) is 9.53 Å². The van der Waals surface area contributed by atoms with Crippen molar-refractivity contribution >= 4 is 50.1 Å². The van der Waals surface area contributed by atoms with Crippen molar-refractivity contribution in [1.29, 1.82) is 0 Å². The molecule has 3 aromatic carbocycles. The number of allylic oxidation sites excluding steroid dienone is 1. The molecule has 0 aliphatic carbocycles. The molecule has 1 aliphatic rings. The molecule has 1 aromatic heterocycles. The van der Waals surface area contributed by atoms with Gasteiger partial charge in [0, 0.05) is 10.0 Å². The number of rotatable bonds is 5. The molecule has 0 bridgehead atoms. The number of fused-ring (bicyclic) bond motifs is 2. The monoisotopic (exact) mass is 576 g/mol. The Hall–Kier alpha value is -3.49. The van der Waals surface area contributed by atoms with E-state index in [1.54, 1.807) is 32.4 Å². The molecule has 4 aromatic rings. The minimum absolute atomic E-state index is 0.231. The largest absolute Gasteiger partial charge is 0.496 e. The number of methoxy groups -OCH3 is 1. The molecule has 0 fully saturated rings. The lowest BCUT2D eigenvalue weighted by Gasteiger charge is -2.26. The van der Waals surface area contributed by atoms with Gasteiger partial charge in [-0.3, -0.25) is 9.36 Å². The molecule has 0 saturated heterocycles. The first-order chi connectivity index (χ1) is 17.8. The maximum absolute atomic E-state index is 14.0. The minimum atomic E-state index is -0.760. The Morgan fingerprint density at radius 2 is 1.89 bits per heavy atom. The Kier molecular flexibility index (Phi) is 6.88. The summed E-state index contributed by atoms with van der Waals surface area (Å²) in [4.78, 5) is 32.5. The zero-order chi connectivity index (χ0) is 26.3. The Balaban J connectivity index is 1.79. The van der Waals surface area contributed by atoms with E-state index in [-0.39, 0.29) is 11.7 Å². The third-order valence-corrected chi connectivity index (χ3v) is 7.66. The average Bonchev–Trinajstić information content (AvgIpc) is 3.17. The average molecular weight is 578 g/mol. The van der Waals surface area contributed by atoms with Crippen LogP contribution in [0.15, 0.2) is 86.2 Å². The van der Waals surface area contributed by atoms with Crippen LogP contribution in [0, 0.1) is 0 Å². The van der Waals surface area contributed by atoms with Gasteiger partial charge in [-0.15, -0.1) is 0 Å². The molecule has 0 unspecified atom stereocenters. The summed E-state index contributed by atoms with van der Waals surface area (Å²) in [6.07, 6.45) is 1.57. The first kappa shape index (κ1) is 25.2. The summed E-state index contributed by atoms with van der Waals surface area (Å²) in [6.45, 7) is 5.36. The highest BCUT2D eigenvalue weighted by atomic mass is 79.9. The second kappa shape index (κ2) is 10.1. The first-order valence-corrected chi connectivity index (χ1v) is 13.4. The van der Waals surface area contributed by atoms with Gasteiger partial charge in [0.2, 0.25) is 0 Å². The number of carbonyl (C=O) groups excluding carboxylic acids is 1. The molecule has 0 N–H and O–H groups in total. The van der Waals surface area contributed by atoms with E-state index in [2.05, 4.69) is 20.9 Å². The van der Waals surface area contributed by atoms with Crippen molar-refractivity contribution in [3.8, 4) is 5.75 Å². The smallest absolute Gasteiger partial charge is 0.338 e. The molecule has 0 saturated carbocycles. The number of nitrogens with zero attached hydrogens (tertiary/aromatic N) is 2. The molecule has 2 heterocycles. The summed E-state index contributed by atoms with van der Waals surface area (Å²) in [5.41, 5.74) is 2.20. The molecule has 0 radical (unpaired) electrons. The fourth-order valence-electron chi connectivity index (χ4n) is 4.59. The third-order valence-electron chi connectivity index (χ3n) is 6.18. The second-order valence-corrected chi connectivity index (χ2v) is 10.9. The van der Waals surface area contributed by atoms with Crippen LogP contribution in [0.1, 0.15) is 37.9 Å². The standard InChI is InChI=1S/C29H25BrN2O4S/c1-16(2)36-28(34)25-17(3)31-29-32(26(25)22-15-20(30)12-13-23(22)35-4)27(33)24(37-29)14-19-10-7-9-18-8-5-6-11-21(18)19/h5-16,26H,1-4H3/b24-14-/t26-/m0/s1. The number of aromatic nitrogens is 1. The number of ether oxygens (including phenoxy) is 2. The summed E-state index contributed by atoms with van der Waals surface area (Å²) in [5.74, 6) is 0.0491. The van der Waals surface area contributed by atoms with Crippen LogP contribution in [0.5, 0.6) is 5.75 Å². The van der Waals surface area contributed by atoms with E-state index in [0.717, 1.165) is 20.8 Å². The van der Waals surface area contributed by atoms with E-state index in [0.29, 0.717) is 31.9 Å². The number of thiazole rings is 1. The molecule has 6 nitrogen and oxygen atoms in total. The van der Waals surface area contributed by atoms with Crippen molar-refractivity contribution in [3.05, 3.63) is 107 Å². The molecule has 0 spiro atoms. The number of esters is 1.